The number of nitrogens with one attached hydrogen (secondary N) is 3. The topological polar surface area (TPSA) is 267 Å². The van der Waals surface area contributed by atoms with E-state index in [9.17, 15) is 24.3 Å². The molecule has 0 unspecified atom stereocenters. The summed E-state index contributed by atoms with van der Waals surface area (Å²) in [7, 11) is 0. The van der Waals surface area contributed by atoms with Crippen molar-refractivity contribution in [2.45, 2.75) is 69.1 Å². The summed E-state index contributed by atoms with van der Waals surface area (Å²) in [5, 5.41) is 17.7. The van der Waals surface area contributed by atoms with Crippen molar-refractivity contribution in [3.8, 4) is 5.75 Å². The highest BCUT2D eigenvalue weighted by Gasteiger charge is 2.30. The number of nitrogens with zero attached hydrogens (tertiary/aromatic N) is 1. The number of benzene rings is 2. The van der Waals surface area contributed by atoms with E-state index in [0.29, 0.717) is 37.8 Å². The minimum Gasteiger partial charge on any atom is -0.508 e. The number of carbonyl (C=O) groups is 4. The average Bonchev–Trinajstić information content (AvgIpc) is 2.99. The molecule has 2 aromatic rings. The lowest BCUT2D eigenvalue weighted by atomic mass is 10.0. The zero-order valence-electron chi connectivity index (χ0n) is 24.8. The smallest absolute Gasteiger partial charge is 0.243 e. The molecule has 4 amide bonds. The first kappa shape index (κ1) is 35.5. The van der Waals surface area contributed by atoms with Crippen LogP contribution < -0.4 is 44.6 Å². The second-order valence-corrected chi connectivity index (χ2v) is 10.5. The zero-order valence-corrected chi connectivity index (χ0v) is 24.8. The van der Waals surface area contributed by atoms with Crippen molar-refractivity contribution in [3.05, 3.63) is 65.7 Å². The summed E-state index contributed by atoms with van der Waals surface area (Å²) in [4.78, 5) is 56.1. The SMILES string of the molecule is NCCCC[C@H](N)C(=O)N[C@@H](Cc1ccc(O)cc1)C(=O)N[C@H](CCCN=C(N)N)C(=O)N[C@@H](Cc1ccccc1)C(N)=O. The van der Waals surface area contributed by atoms with Gasteiger partial charge in [0.05, 0.1) is 6.04 Å². The molecule has 0 aromatic heterocycles. The maximum Gasteiger partial charge on any atom is 0.243 e. The van der Waals surface area contributed by atoms with Crippen LogP contribution in [-0.2, 0) is 32.0 Å². The quantitative estimate of drug-likeness (QED) is 0.0514. The number of carbonyl (C=O) groups excluding carboxylic acids is 4. The maximum atomic E-state index is 13.6. The lowest BCUT2D eigenvalue weighted by Gasteiger charge is -2.25. The number of rotatable bonds is 19. The number of nitrogens with two attached hydrogens (primary N) is 5. The molecule has 0 aliphatic carbocycles. The van der Waals surface area contributed by atoms with Crippen molar-refractivity contribution < 1.29 is 24.3 Å². The summed E-state index contributed by atoms with van der Waals surface area (Å²) >= 11 is 0. The van der Waals surface area contributed by atoms with Crippen molar-refractivity contribution in [1.82, 2.24) is 16.0 Å². The Morgan fingerprint density at radius 3 is 1.89 bits per heavy atom. The molecule has 0 radical (unpaired) electrons. The van der Waals surface area contributed by atoms with Gasteiger partial charge >= 0.3 is 0 Å². The molecule has 0 saturated carbocycles. The Balaban J connectivity index is 2.26. The van der Waals surface area contributed by atoms with Crippen molar-refractivity contribution in [2.24, 2.45) is 33.7 Å². The Labute approximate surface area is 257 Å². The predicted molar refractivity (Wildman–Crippen MR) is 168 cm³/mol. The molecule has 0 bridgehead atoms. The Bertz CT molecular complexity index is 1240. The largest absolute Gasteiger partial charge is 0.508 e. The number of aromatic hydroxyl groups is 1. The Morgan fingerprint density at radius 2 is 1.27 bits per heavy atom. The zero-order chi connectivity index (χ0) is 32.5. The van der Waals surface area contributed by atoms with E-state index in [1.165, 1.54) is 12.1 Å². The predicted octanol–water partition coefficient (Wildman–Crippen LogP) is -1.37. The summed E-state index contributed by atoms with van der Waals surface area (Å²) in [5.74, 6) is -2.65. The maximum absolute atomic E-state index is 13.6. The molecular weight excluding hydrogens is 566 g/mol. The lowest BCUT2D eigenvalue weighted by Crippen LogP contribution is -2.58. The van der Waals surface area contributed by atoms with Crippen LogP contribution in [0.5, 0.6) is 5.75 Å². The molecular formula is C30H45N9O5. The molecule has 0 aliphatic heterocycles. The number of phenolic OH excluding ortho intramolecular Hbond substituents is 1. The highest BCUT2D eigenvalue weighted by Crippen LogP contribution is 2.13. The van der Waals surface area contributed by atoms with Crippen LogP contribution in [-0.4, -0.2) is 72.0 Å². The van der Waals surface area contributed by atoms with Crippen molar-refractivity contribution >= 4 is 29.6 Å². The van der Waals surface area contributed by atoms with Crippen LogP contribution in [0.3, 0.4) is 0 Å². The molecule has 4 atom stereocenters. The summed E-state index contributed by atoms with van der Waals surface area (Å²) in [6, 6.07) is 11.0. The van der Waals surface area contributed by atoms with Gasteiger partial charge in [-0.15, -0.1) is 0 Å². The number of amides is 4. The number of phenols is 1. The Morgan fingerprint density at radius 1 is 0.705 bits per heavy atom. The van der Waals surface area contributed by atoms with E-state index in [1.54, 1.807) is 36.4 Å². The summed E-state index contributed by atoms with van der Waals surface area (Å²) in [6.07, 6.45) is 2.35. The van der Waals surface area contributed by atoms with E-state index in [1.807, 2.05) is 6.07 Å². The van der Waals surface area contributed by atoms with Gasteiger partial charge in [-0.1, -0.05) is 48.9 Å². The van der Waals surface area contributed by atoms with E-state index >= 15 is 0 Å². The monoisotopic (exact) mass is 611 g/mol. The van der Waals surface area contributed by atoms with Gasteiger partial charge in [0.1, 0.15) is 23.9 Å². The Hall–Kier alpha value is -4.69. The molecule has 2 rings (SSSR count). The highest BCUT2D eigenvalue weighted by atomic mass is 16.3. The number of hydrogen-bond acceptors (Lipinski definition) is 8. The first-order valence-corrected chi connectivity index (χ1v) is 14.5. The Kier molecular flexibility index (Phi) is 15.1. The standard InChI is InChI=1S/C30H45N9O5/c31-15-5-4-9-22(32)27(42)39-25(18-20-11-13-21(40)14-12-20)29(44)37-23(10-6-16-36-30(34)35)28(43)38-24(26(33)41)17-19-7-2-1-3-8-19/h1-3,7-8,11-14,22-25,40H,4-6,9-10,15-18,31-32H2,(H2,33,41)(H,37,44)(H,38,43)(H,39,42)(H4,34,35,36)/t22-,23+,24-,25-/m0/s1. The van der Waals surface area contributed by atoms with Crippen LogP contribution in [0.2, 0.25) is 0 Å². The molecule has 14 nitrogen and oxygen atoms in total. The molecule has 2 aromatic carbocycles. The van der Waals surface area contributed by atoms with Gasteiger partial charge in [0.15, 0.2) is 5.96 Å². The number of primary amides is 1. The van der Waals surface area contributed by atoms with E-state index in [0.717, 1.165) is 5.56 Å². The second kappa shape index (κ2) is 18.8. The highest BCUT2D eigenvalue weighted by molar-refractivity contribution is 5.94. The molecule has 240 valence electrons. The number of unbranched alkanes of at least 4 members (excludes halogenated alkanes) is 1. The van der Waals surface area contributed by atoms with E-state index in [-0.39, 0.29) is 37.5 Å². The molecule has 14 N–H and O–H groups in total. The van der Waals surface area contributed by atoms with Gasteiger partial charge in [0.2, 0.25) is 23.6 Å². The van der Waals surface area contributed by atoms with Gasteiger partial charge in [-0.05, 0) is 55.5 Å². The first-order chi connectivity index (χ1) is 21.0. The van der Waals surface area contributed by atoms with Gasteiger partial charge in [0, 0.05) is 19.4 Å². The fourth-order valence-corrected chi connectivity index (χ4v) is 4.39. The van der Waals surface area contributed by atoms with Gasteiger partial charge in [-0.2, -0.15) is 0 Å². The van der Waals surface area contributed by atoms with Crippen LogP contribution >= 0.6 is 0 Å². The van der Waals surface area contributed by atoms with Crippen molar-refractivity contribution in [3.63, 3.8) is 0 Å². The van der Waals surface area contributed by atoms with E-state index in [2.05, 4.69) is 20.9 Å². The summed E-state index contributed by atoms with van der Waals surface area (Å²) < 4.78 is 0. The van der Waals surface area contributed by atoms with E-state index < -0.39 is 47.8 Å². The van der Waals surface area contributed by atoms with Crippen LogP contribution in [0, 0.1) is 0 Å². The fraction of sp³-hybridized carbons (Fsp3) is 0.433. The number of hydrogen-bond donors (Lipinski definition) is 9. The van der Waals surface area contributed by atoms with Crippen LogP contribution in [0.4, 0.5) is 0 Å². The molecule has 0 aliphatic rings. The van der Waals surface area contributed by atoms with Gasteiger partial charge in [0.25, 0.3) is 0 Å². The number of aliphatic imine (C=N–C) groups is 1. The fourth-order valence-electron chi connectivity index (χ4n) is 4.39. The molecule has 0 fully saturated rings. The normalized spacial score (nSPS) is 13.5. The van der Waals surface area contributed by atoms with Crippen LogP contribution in [0.1, 0.15) is 43.2 Å². The van der Waals surface area contributed by atoms with Gasteiger partial charge in [-0.3, -0.25) is 24.2 Å². The summed E-state index contributed by atoms with van der Waals surface area (Å²) in [6.45, 7) is 0.658. The molecule has 0 spiro atoms. The molecule has 14 heteroatoms. The van der Waals surface area contributed by atoms with Crippen molar-refractivity contribution in [1.29, 1.82) is 0 Å². The first-order valence-electron chi connectivity index (χ1n) is 14.5. The second-order valence-electron chi connectivity index (χ2n) is 10.5. The third kappa shape index (κ3) is 13.1. The molecule has 0 heterocycles. The van der Waals surface area contributed by atoms with E-state index in [4.69, 9.17) is 28.7 Å². The third-order valence-electron chi connectivity index (χ3n) is 6.84. The average molecular weight is 612 g/mol. The molecule has 0 saturated heterocycles. The summed E-state index contributed by atoms with van der Waals surface area (Å²) in [5.41, 5.74) is 29.4. The van der Waals surface area contributed by atoms with Crippen LogP contribution in [0.25, 0.3) is 0 Å². The van der Waals surface area contributed by atoms with Crippen molar-refractivity contribution in [2.75, 3.05) is 13.1 Å². The van der Waals surface area contributed by atoms with Gasteiger partial charge < -0.3 is 49.7 Å². The van der Waals surface area contributed by atoms with Gasteiger partial charge in [-0.25, -0.2) is 0 Å². The third-order valence-corrected chi connectivity index (χ3v) is 6.84. The van der Waals surface area contributed by atoms with Crippen LogP contribution in [0.15, 0.2) is 59.6 Å². The minimum absolute atomic E-state index is 0.0396. The minimum atomic E-state index is -1.12. The lowest BCUT2D eigenvalue weighted by molar-refractivity contribution is -0.133. The number of guanidine groups is 1. The molecule has 44 heavy (non-hydrogen) atoms.